The van der Waals surface area contributed by atoms with Gasteiger partial charge in [0.05, 0.1) is 23.7 Å². The summed E-state index contributed by atoms with van der Waals surface area (Å²) in [4.78, 5) is 10.9. The standard InChI is InChI=1S/C13H13BrN4/c1-2-18(7-3-5-15)12-4-6-16-11-8-10(14)9-17-13(11)12/h4,6,8-9H,2-3,7H2,1H3. The van der Waals surface area contributed by atoms with E-state index in [1.807, 2.05) is 12.1 Å². The lowest BCUT2D eigenvalue weighted by Gasteiger charge is -2.22. The Morgan fingerprint density at radius 1 is 1.44 bits per heavy atom. The number of nitrogens with zero attached hydrogens (tertiary/aromatic N) is 4. The number of rotatable bonds is 4. The van der Waals surface area contributed by atoms with Crippen LogP contribution in [0.4, 0.5) is 5.69 Å². The van der Waals surface area contributed by atoms with Gasteiger partial charge in [0.1, 0.15) is 5.52 Å². The molecule has 0 radical (unpaired) electrons. The SMILES string of the molecule is CCN(CCC#N)c1ccnc2cc(Br)cnc12. The lowest BCUT2D eigenvalue weighted by molar-refractivity contribution is 0.829. The van der Waals surface area contributed by atoms with Gasteiger partial charge in [-0.2, -0.15) is 5.26 Å². The number of nitriles is 1. The minimum Gasteiger partial charge on any atom is -0.369 e. The maximum absolute atomic E-state index is 8.70. The van der Waals surface area contributed by atoms with Crippen molar-refractivity contribution in [3.63, 3.8) is 0 Å². The van der Waals surface area contributed by atoms with Crippen LogP contribution < -0.4 is 4.90 Å². The van der Waals surface area contributed by atoms with Crippen molar-refractivity contribution in [1.29, 1.82) is 5.26 Å². The fraction of sp³-hybridized carbons (Fsp3) is 0.308. The Kier molecular flexibility index (Phi) is 4.11. The van der Waals surface area contributed by atoms with E-state index in [0.717, 1.165) is 27.7 Å². The lowest BCUT2D eigenvalue weighted by Crippen LogP contribution is -2.24. The molecule has 0 fully saturated rings. The van der Waals surface area contributed by atoms with Crippen molar-refractivity contribution in [2.75, 3.05) is 18.0 Å². The Hall–Kier alpha value is -1.67. The summed E-state index contributed by atoms with van der Waals surface area (Å²) in [5.74, 6) is 0. The summed E-state index contributed by atoms with van der Waals surface area (Å²) < 4.78 is 0.916. The van der Waals surface area contributed by atoms with Crippen LogP contribution in [0, 0.1) is 11.3 Å². The van der Waals surface area contributed by atoms with Crippen LogP contribution in [-0.2, 0) is 0 Å². The Labute approximate surface area is 114 Å². The van der Waals surface area contributed by atoms with E-state index in [0.29, 0.717) is 13.0 Å². The minimum absolute atomic E-state index is 0.508. The zero-order valence-corrected chi connectivity index (χ0v) is 11.7. The third kappa shape index (κ3) is 2.59. The molecular weight excluding hydrogens is 292 g/mol. The summed E-state index contributed by atoms with van der Waals surface area (Å²) >= 11 is 3.39. The first kappa shape index (κ1) is 12.8. The van der Waals surface area contributed by atoms with Gasteiger partial charge in [0.2, 0.25) is 0 Å². The number of anilines is 1. The average molecular weight is 305 g/mol. The van der Waals surface area contributed by atoms with E-state index in [2.05, 4.69) is 43.8 Å². The van der Waals surface area contributed by atoms with Crippen LogP contribution in [-0.4, -0.2) is 23.1 Å². The molecule has 0 aliphatic carbocycles. The monoisotopic (exact) mass is 304 g/mol. The smallest absolute Gasteiger partial charge is 0.112 e. The third-order valence-corrected chi connectivity index (χ3v) is 3.17. The maximum atomic E-state index is 8.70. The minimum atomic E-state index is 0.508. The van der Waals surface area contributed by atoms with E-state index in [-0.39, 0.29) is 0 Å². The lowest BCUT2D eigenvalue weighted by atomic mass is 10.2. The van der Waals surface area contributed by atoms with Gasteiger partial charge >= 0.3 is 0 Å². The number of hydrogen-bond donors (Lipinski definition) is 0. The van der Waals surface area contributed by atoms with Gasteiger partial charge < -0.3 is 4.90 Å². The van der Waals surface area contributed by atoms with Crippen molar-refractivity contribution < 1.29 is 0 Å². The van der Waals surface area contributed by atoms with Crippen LogP contribution in [0.2, 0.25) is 0 Å². The highest BCUT2D eigenvalue weighted by molar-refractivity contribution is 9.10. The predicted octanol–water partition coefficient (Wildman–Crippen LogP) is 3.13. The molecule has 0 saturated heterocycles. The Morgan fingerprint density at radius 2 is 2.28 bits per heavy atom. The molecule has 0 saturated carbocycles. The first-order valence-electron chi connectivity index (χ1n) is 5.78. The van der Waals surface area contributed by atoms with Gasteiger partial charge in [-0.05, 0) is 35.0 Å². The van der Waals surface area contributed by atoms with E-state index in [1.54, 1.807) is 12.4 Å². The highest BCUT2D eigenvalue weighted by atomic mass is 79.9. The van der Waals surface area contributed by atoms with E-state index in [1.165, 1.54) is 0 Å². The summed E-state index contributed by atoms with van der Waals surface area (Å²) in [5, 5.41) is 8.70. The van der Waals surface area contributed by atoms with E-state index >= 15 is 0 Å². The molecule has 5 heteroatoms. The number of pyridine rings is 2. The highest BCUT2D eigenvalue weighted by Crippen LogP contribution is 2.25. The summed E-state index contributed by atoms with van der Waals surface area (Å²) in [6.07, 6.45) is 4.06. The highest BCUT2D eigenvalue weighted by Gasteiger charge is 2.10. The Balaban J connectivity index is 2.46. The molecule has 0 amide bonds. The topological polar surface area (TPSA) is 52.8 Å². The predicted molar refractivity (Wildman–Crippen MR) is 75.4 cm³/mol. The molecule has 0 aliphatic rings. The van der Waals surface area contributed by atoms with Gasteiger partial charge in [0.25, 0.3) is 0 Å². The zero-order chi connectivity index (χ0) is 13.0. The number of halogens is 1. The third-order valence-electron chi connectivity index (χ3n) is 2.74. The molecule has 0 spiro atoms. The van der Waals surface area contributed by atoms with Crippen molar-refractivity contribution in [2.45, 2.75) is 13.3 Å². The Morgan fingerprint density at radius 3 is 3.00 bits per heavy atom. The molecule has 92 valence electrons. The van der Waals surface area contributed by atoms with Crippen molar-refractivity contribution >= 4 is 32.7 Å². The molecule has 2 aromatic heterocycles. The van der Waals surface area contributed by atoms with Crippen LogP contribution in [0.25, 0.3) is 11.0 Å². The molecule has 0 atom stereocenters. The van der Waals surface area contributed by atoms with Crippen molar-refractivity contribution in [2.24, 2.45) is 0 Å². The second-order valence-electron chi connectivity index (χ2n) is 3.84. The molecule has 0 aliphatic heterocycles. The molecule has 0 bridgehead atoms. The normalized spacial score (nSPS) is 10.3. The van der Waals surface area contributed by atoms with Crippen molar-refractivity contribution in [1.82, 2.24) is 9.97 Å². The summed E-state index contributed by atoms with van der Waals surface area (Å²) in [6, 6.07) is 6.07. The Bertz CT molecular complexity index is 591. The molecule has 4 nitrogen and oxygen atoms in total. The van der Waals surface area contributed by atoms with Crippen LogP contribution in [0.1, 0.15) is 13.3 Å². The van der Waals surface area contributed by atoms with Crippen LogP contribution in [0.3, 0.4) is 0 Å². The summed E-state index contributed by atoms with van der Waals surface area (Å²) in [6.45, 7) is 3.63. The number of hydrogen-bond acceptors (Lipinski definition) is 4. The van der Waals surface area contributed by atoms with Crippen molar-refractivity contribution in [3.05, 3.63) is 29.0 Å². The van der Waals surface area contributed by atoms with Gasteiger partial charge in [-0.15, -0.1) is 0 Å². The number of fused-ring (bicyclic) bond motifs is 1. The summed E-state index contributed by atoms with van der Waals surface area (Å²) in [5.41, 5.74) is 2.77. The quantitative estimate of drug-likeness (QED) is 0.871. The fourth-order valence-electron chi connectivity index (χ4n) is 1.88. The maximum Gasteiger partial charge on any atom is 0.112 e. The van der Waals surface area contributed by atoms with Gasteiger partial charge in [-0.1, -0.05) is 0 Å². The van der Waals surface area contributed by atoms with Crippen LogP contribution in [0.5, 0.6) is 0 Å². The molecule has 0 aromatic carbocycles. The largest absolute Gasteiger partial charge is 0.369 e. The zero-order valence-electron chi connectivity index (χ0n) is 10.1. The van der Waals surface area contributed by atoms with Gasteiger partial charge in [-0.3, -0.25) is 9.97 Å². The first-order valence-corrected chi connectivity index (χ1v) is 6.57. The van der Waals surface area contributed by atoms with E-state index in [4.69, 9.17) is 5.26 Å². The van der Waals surface area contributed by atoms with Crippen LogP contribution >= 0.6 is 15.9 Å². The second kappa shape index (κ2) is 5.78. The van der Waals surface area contributed by atoms with E-state index < -0.39 is 0 Å². The van der Waals surface area contributed by atoms with E-state index in [9.17, 15) is 0 Å². The van der Waals surface area contributed by atoms with Gasteiger partial charge in [0.15, 0.2) is 0 Å². The first-order chi connectivity index (χ1) is 8.76. The fourth-order valence-corrected chi connectivity index (χ4v) is 2.20. The molecule has 2 heterocycles. The average Bonchev–Trinajstić information content (AvgIpc) is 2.39. The molecule has 2 rings (SSSR count). The van der Waals surface area contributed by atoms with Gasteiger partial charge in [-0.25, -0.2) is 0 Å². The number of aromatic nitrogens is 2. The molecule has 0 N–H and O–H groups in total. The molecular formula is C13H13BrN4. The van der Waals surface area contributed by atoms with Crippen molar-refractivity contribution in [3.8, 4) is 6.07 Å². The summed E-state index contributed by atoms with van der Waals surface area (Å²) in [7, 11) is 0. The second-order valence-corrected chi connectivity index (χ2v) is 4.75. The van der Waals surface area contributed by atoms with Gasteiger partial charge in [0, 0.05) is 30.0 Å². The molecule has 0 unspecified atom stereocenters. The molecule has 18 heavy (non-hydrogen) atoms. The van der Waals surface area contributed by atoms with Crippen LogP contribution in [0.15, 0.2) is 29.0 Å². The molecule has 2 aromatic rings.